The minimum atomic E-state index is -0.427. The smallest absolute Gasteiger partial charge is 0.126 e. The zero-order valence-electron chi connectivity index (χ0n) is 8.37. The minimum Gasteiger partial charge on any atom is -0.507 e. The van der Waals surface area contributed by atoms with E-state index in [-0.39, 0.29) is 5.75 Å². The molecule has 0 aliphatic rings. The maximum atomic E-state index is 12.8. The Labute approximate surface area is 87.8 Å². The van der Waals surface area contributed by atoms with Crippen molar-refractivity contribution in [3.8, 4) is 16.9 Å². The molecule has 0 saturated carbocycles. The van der Waals surface area contributed by atoms with Crippen molar-refractivity contribution >= 4 is 0 Å². The molecule has 0 aromatic heterocycles. The van der Waals surface area contributed by atoms with Crippen LogP contribution in [0.5, 0.6) is 5.75 Å². The second kappa shape index (κ2) is 3.73. The zero-order valence-corrected chi connectivity index (χ0v) is 8.37. The number of phenolic OH excluding ortho intramolecular Hbond substituents is 1. The molecule has 0 bridgehead atoms. The zero-order chi connectivity index (χ0) is 10.8. The van der Waals surface area contributed by atoms with E-state index in [2.05, 4.69) is 0 Å². The third-order valence-electron chi connectivity index (χ3n) is 2.32. The van der Waals surface area contributed by atoms with Gasteiger partial charge in [-0.3, -0.25) is 0 Å². The Morgan fingerprint density at radius 1 is 1.00 bits per heavy atom. The number of phenols is 1. The minimum absolute atomic E-state index is 0.0288. The van der Waals surface area contributed by atoms with Crippen molar-refractivity contribution in [2.45, 2.75) is 6.92 Å². The molecular weight excluding hydrogens is 191 g/mol. The number of hydrogen-bond acceptors (Lipinski definition) is 1. The van der Waals surface area contributed by atoms with E-state index in [1.54, 1.807) is 6.07 Å². The average Bonchev–Trinajstić information content (AvgIpc) is 2.20. The van der Waals surface area contributed by atoms with E-state index in [1.165, 1.54) is 6.07 Å². The largest absolute Gasteiger partial charge is 0.507 e. The van der Waals surface area contributed by atoms with Crippen molar-refractivity contribution in [1.82, 2.24) is 0 Å². The van der Waals surface area contributed by atoms with Gasteiger partial charge in [0.05, 0.1) is 0 Å². The van der Waals surface area contributed by atoms with Crippen molar-refractivity contribution in [3.63, 3.8) is 0 Å². The summed E-state index contributed by atoms with van der Waals surface area (Å²) in [6.45, 7) is 1.99. The summed E-state index contributed by atoms with van der Waals surface area (Å²) in [5.41, 5.74) is 2.69. The van der Waals surface area contributed by atoms with Gasteiger partial charge in [0, 0.05) is 11.6 Å². The Bertz CT molecular complexity index is 474. The van der Waals surface area contributed by atoms with Crippen LogP contribution in [0.25, 0.3) is 11.1 Å². The lowest BCUT2D eigenvalue weighted by atomic mass is 10.0. The third kappa shape index (κ3) is 1.99. The Kier molecular flexibility index (Phi) is 2.42. The maximum Gasteiger partial charge on any atom is 0.126 e. The van der Waals surface area contributed by atoms with Crippen LogP contribution in [0.4, 0.5) is 4.39 Å². The van der Waals surface area contributed by atoms with Gasteiger partial charge in [0.15, 0.2) is 0 Å². The van der Waals surface area contributed by atoms with Gasteiger partial charge in [-0.05, 0) is 24.6 Å². The Morgan fingerprint density at radius 3 is 2.27 bits per heavy atom. The van der Waals surface area contributed by atoms with Gasteiger partial charge >= 0.3 is 0 Å². The summed E-state index contributed by atoms with van der Waals surface area (Å²) in [6.07, 6.45) is 0. The predicted octanol–water partition coefficient (Wildman–Crippen LogP) is 3.51. The lowest BCUT2D eigenvalue weighted by Crippen LogP contribution is -1.81. The van der Waals surface area contributed by atoms with E-state index in [1.807, 2.05) is 31.2 Å². The van der Waals surface area contributed by atoms with Crippen LogP contribution in [0, 0.1) is 12.7 Å². The van der Waals surface area contributed by atoms with Gasteiger partial charge < -0.3 is 5.11 Å². The Hall–Kier alpha value is -1.83. The fourth-order valence-corrected chi connectivity index (χ4v) is 1.48. The number of benzene rings is 2. The summed E-state index contributed by atoms with van der Waals surface area (Å²) >= 11 is 0. The molecular formula is C13H11FO. The second-order valence-corrected chi connectivity index (χ2v) is 3.53. The predicted molar refractivity (Wildman–Crippen MR) is 58.2 cm³/mol. The van der Waals surface area contributed by atoms with Crippen LogP contribution in [0.3, 0.4) is 0 Å². The first-order chi connectivity index (χ1) is 7.16. The van der Waals surface area contributed by atoms with Crippen LogP contribution in [0.1, 0.15) is 5.56 Å². The first-order valence-electron chi connectivity index (χ1n) is 4.72. The highest BCUT2D eigenvalue weighted by molar-refractivity contribution is 5.70. The quantitative estimate of drug-likeness (QED) is 0.750. The number of rotatable bonds is 1. The van der Waals surface area contributed by atoms with Gasteiger partial charge in [-0.1, -0.05) is 29.8 Å². The number of hydrogen-bond donors (Lipinski definition) is 1. The third-order valence-corrected chi connectivity index (χ3v) is 2.32. The summed E-state index contributed by atoms with van der Waals surface area (Å²) in [7, 11) is 0. The number of aromatic hydroxyl groups is 1. The summed E-state index contributed by atoms with van der Waals surface area (Å²) in [4.78, 5) is 0. The highest BCUT2D eigenvalue weighted by atomic mass is 19.1. The van der Waals surface area contributed by atoms with Crippen LogP contribution < -0.4 is 0 Å². The summed E-state index contributed by atoms with van der Waals surface area (Å²) in [5.74, 6) is -0.456. The molecule has 2 aromatic carbocycles. The second-order valence-electron chi connectivity index (χ2n) is 3.53. The average molecular weight is 202 g/mol. The Balaban J connectivity index is 2.49. The molecule has 0 radical (unpaired) electrons. The lowest BCUT2D eigenvalue weighted by Gasteiger charge is -2.04. The monoisotopic (exact) mass is 202 g/mol. The topological polar surface area (TPSA) is 20.2 Å². The van der Waals surface area contributed by atoms with Crippen molar-refractivity contribution in [3.05, 3.63) is 53.8 Å². The molecule has 0 spiro atoms. The maximum absolute atomic E-state index is 12.8. The number of aryl methyl sites for hydroxylation is 1. The molecule has 2 aromatic rings. The van der Waals surface area contributed by atoms with Crippen molar-refractivity contribution in [2.75, 3.05) is 0 Å². The summed E-state index contributed by atoms with van der Waals surface area (Å²) < 4.78 is 12.8. The molecule has 0 amide bonds. The molecule has 1 N–H and O–H groups in total. The van der Waals surface area contributed by atoms with Gasteiger partial charge in [-0.25, -0.2) is 4.39 Å². The van der Waals surface area contributed by atoms with Crippen LogP contribution in [0.15, 0.2) is 42.5 Å². The lowest BCUT2D eigenvalue weighted by molar-refractivity contribution is 0.471. The highest BCUT2D eigenvalue weighted by Crippen LogP contribution is 2.29. The van der Waals surface area contributed by atoms with Gasteiger partial charge in [0.1, 0.15) is 11.6 Å². The van der Waals surface area contributed by atoms with Crippen molar-refractivity contribution < 1.29 is 9.50 Å². The molecule has 0 fully saturated rings. The fourth-order valence-electron chi connectivity index (χ4n) is 1.48. The Morgan fingerprint density at radius 2 is 1.67 bits per heavy atom. The molecule has 0 aliphatic carbocycles. The fraction of sp³-hybridized carbons (Fsp3) is 0.0769. The molecule has 0 heterocycles. The standard InChI is InChI=1S/C13H11FO/c1-9-2-4-10(5-3-9)12-7-6-11(14)8-13(12)15/h2-8,15H,1H3. The van der Waals surface area contributed by atoms with E-state index in [9.17, 15) is 9.50 Å². The molecule has 0 aliphatic heterocycles. The number of halogens is 1. The molecule has 0 unspecified atom stereocenters. The van der Waals surface area contributed by atoms with Crippen molar-refractivity contribution in [1.29, 1.82) is 0 Å². The van der Waals surface area contributed by atoms with E-state index in [4.69, 9.17) is 0 Å². The molecule has 76 valence electrons. The molecule has 2 heteroatoms. The van der Waals surface area contributed by atoms with E-state index in [0.29, 0.717) is 5.56 Å². The van der Waals surface area contributed by atoms with Gasteiger partial charge in [0.2, 0.25) is 0 Å². The van der Waals surface area contributed by atoms with Crippen LogP contribution in [0.2, 0.25) is 0 Å². The normalized spacial score (nSPS) is 10.3. The van der Waals surface area contributed by atoms with Gasteiger partial charge in [-0.2, -0.15) is 0 Å². The van der Waals surface area contributed by atoms with Crippen molar-refractivity contribution in [2.24, 2.45) is 0 Å². The molecule has 0 atom stereocenters. The molecule has 15 heavy (non-hydrogen) atoms. The van der Waals surface area contributed by atoms with E-state index < -0.39 is 5.82 Å². The molecule has 2 rings (SSSR count). The van der Waals surface area contributed by atoms with Gasteiger partial charge in [0.25, 0.3) is 0 Å². The first kappa shape index (κ1) is 9.71. The molecule has 1 nitrogen and oxygen atoms in total. The first-order valence-corrected chi connectivity index (χ1v) is 4.72. The molecule has 0 saturated heterocycles. The summed E-state index contributed by atoms with van der Waals surface area (Å²) in [6, 6.07) is 11.8. The summed E-state index contributed by atoms with van der Waals surface area (Å²) in [5, 5.41) is 9.57. The van der Waals surface area contributed by atoms with Crippen LogP contribution in [-0.2, 0) is 0 Å². The van der Waals surface area contributed by atoms with E-state index in [0.717, 1.165) is 17.2 Å². The van der Waals surface area contributed by atoms with Crippen LogP contribution in [-0.4, -0.2) is 5.11 Å². The van der Waals surface area contributed by atoms with E-state index >= 15 is 0 Å². The SMILES string of the molecule is Cc1ccc(-c2ccc(F)cc2O)cc1. The van der Waals surface area contributed by atoms with Crippen LogP contribution >= 0.6 is 0 Å². The van der Waals surface area contributed by atoms with Gasteiger partial charge in [-0.15, -0.1) is 0 Å². The highest BCUT2D eigenvalue weighted by Gasteiger charge is 2.04.